The molecule has 5 heteroatoms. The third-order valence-corrected chi connectivity index (χ3v) is 3.15. The molecule has 16 heavy (non-hydrogen) atoms. The second kappa shape index (κ2) is 5.96. The zero-order chi connectivity index (χ0) is 11.2. The first-order chi connectivity index (χ1) is 7.88. The molecule has 0 aliphatic carbocycles. The molecule has 90 valence electrons. The van der Waals surface area contributed by atoms with Crippen molar-refractivity contribution in [2.45, 2.75) is 19.4 Å². The summed E-state index contributed by atoms with van der Waals surface area (Å²) in [5.74, 6) is 0.724. The number of likely N-dealkylation sites (tertiary alicyclic amines) is 1. The van der Waals surface area contributed by atoms with Crippen LogP contribution in [0.1, 0.15) is 12.8 Å². The molecule has 2 heterocycles. The molecule has 1 aromatic rings. The lowest BCUT2D eigenvalue weighted by atomic mass is 9.98. The predicted octanol–water partition coefficient (Wildman–Crippen LogP) is 0.636. The summed E-state index contributed by atoms with van der Waals surface area (Å²) < 4.78 is 7.19. The lowest BCUT2D eigenvalue weighted by Gasteiger charge is -2.32. The Morgan fingerprint density at radius 1 is 1.38 bits per heavy atom. The summed E-state index contributed by atoms with van der Waals surface area (Å²) in [6, 6.07) is 0. The zero-order valence-corrected chi connectivity index (χ0v) is 9.88. The molecule has 0 spiro atoms. The first kappa shape index (κ1) is 11.5. The highest BCUT2D eigenvalue weighted by molar-refractivity contribution is 4.74. The van der Waals surface area contributed by atoms with Crippen LogP contribution in [-0.2, 0) is 11.3 Å². The van der Waals surface area contributed by atoms with E-state index in [1.54, 1.807) is 19.8 Å². The van der Waals surface area contributed by atoms with Gasteiger partial charge in [-0.15, -0.1) is 10.2 Å². The lowest BCUT2D eigenvalue weighted by Crippen LogP contribution is -2.38. The van der Waals surface area contributed by atoms with E-state index >= 15 is 0 Å². The number of hydrogen-bond acceptors (Lipinski definition) is 4. The third-order valence-electron chi connectivity index (χ3n) is 3.15. The van der Waals surface area contributed by atoms with Crippen molar-refractivity contribution in [3.05, 3.63) is 12.7 Å². The van der Waals surface area contributed by atoms with Gasteiger partial charge in [0.1, 0.15) is 12.7 Å². The first-order valence-electron chi connectivity index (χ1n) is 5.92. The molecule has 1 saturated heterocycles. The number of methoxy groups -OCH3 is 1. The zero-order valence-electron chi connectivity index (χ0n) is 9.88. The van der Waals surface area contributed by atoms with Crippen LogP contribution in [0.3, 0.4) is 0 Å². The Morgan fingerprint density at radius 2 is 2.19 bits per heavy atom. The van der Waals surface area contributed by atoms with Gasteiger partial charge < -0.3 is 14.2 Å². The minimum absolute atomic E-state index is 0.724. The molecule has 0 aromatic carbocycles. The molecule has 1 fully saturated rings. The van der Waals surface area contributed by atoms with Crippen LogP contribution in [0.25, 0.3) is 0 Å². The molecule has 0 saturated carbocycles. The molecular formula is C11H20N4O. The average molecular weight is 224 g/mol. The maximum Gasteiger partial charge on any atom is 0.119 e. The molecule has 0 radical (unpaired) electrons. The second-order valence-corrected chi connectivity index (χ2v) is 4.46. The van der Waals surface area contributed by atoms with Gasteiger partial charge in [0.05, 0.1) is 6.61 Å². The highest BCUT2D eigenvalue weighted by Crippen LogP contribution is 2.17. The Kier molecular flexibility index (Phi) is 4.30. The summed E-state index contributed by atoms with van der Waals surface area (Å²) in [5.41, 5.74) is 0. The van der Waals surface area contributed by atoms with Gasteiger partial charge in [-0.2, -0.15) is 0 Å². The molecule has 1 aliphatic heterocycles. The Labute approximate surface area is 96.4 Å². The van der Waals surface area contributed by atoms with Crippen LogP contribution in [0.4, 0.5) is 0 Å². The maximum atomic E-state index is 5.12. The van der Waals surface area contributed by atoms with Crippen molar-refractivity contribution in [1.82, 2.24) is 19.7 Å². The molecule has 1 aromatic heterocycles. The van der Waals surface area contributed by atoms with Crippen molar-refractivity contribution in [3.8, 4) is 0 Å². The number of rotatable bonds is 5. The van der Waals surface area contributed by atoms with Gasteiger partial charge in [0.25, 0.3) is 0 Å². The third kappa shape index (κ3) is 3.28. The van der Waals surface area contributed by atoms with Crippen molar-refractivity contribution in [3.63, 3.8) is 0 Å². The smallest absolute Gasteiger partial charge is 0.119 e. The van der Waals surface area contributed by atoms with Crippen molar-refractivity contribution < 1.29 is 4.74 Å². The van der Waals surface area contributed by atoms with E-state index in [1.165, 1.54) is 25.9 Å². The van der Waals surface area contributed by atoms with Gasteiger partial charge in [-0.25, -0.2) is 0 Å². The van der Waals surface area contributed by atoms with Crippen LogP contribution in [0.5, 0.6) is 0 Å². The van der Waals surface area contributed by atoms with Crippen molar-refractivity contribution in [1.29, 1.82) is 0 Å². The maximum absolute atomic E-state index is 5.12. The van der Waals surface area contributed by atoms with E-state index in [4.69, 9.17) is 4.74 Å². The van der Waals surface area contributed by atoms with Crippen LogP contribution in [0.2, 0.25) is 0 Å². The van der Waals surface area contributed by atoms with Crippen LogP contribution < -0.4 is 0 Å². The van der Waals surface area contributed by atoms with Crippen molar-refractivity contribution in [2.24, 2.45) is 5.92 Å². The van der Waals surface area contributed by atoms with Gasteiger partial charge >= 0.3 is 0 Å². The normalized spacial score (nSPS) is 22.4. The molecule has 0 unspecified atom stereocenters. The van der Waals surface area contributed by atoms with Gasteiger partial charge in [-0.1, -0.05) is 0 Å². The summed E-state index contributed by atoms with van der Waals surface area (Å²) >= 11 is 0. The SMILES string of the molecule is COCCN1CCC[C@@H](Cn2cnnc2)C1. The first-order valence-corrected chi connectivity index (χ1v) is 5.92. The van der Waals surface area contributed by atoms with E-state index in [0.717, 1.165) is 25.6 Å². The highest BCUT2D eigenvalue weighted by atomic mass is 16.5. The van der Waals surface area contributed by atoms with Gasteiger partial charge in [0.15, 0.2) is 0 Å². The van der Waals surface area contributed by atoms with Crippen molar-refractivity contribution in [2.75, 3.05) is 33.4 Å². The summed E-state index contributed by atoms with van der Waals surface area (Å²) in [7, 11) is 1.76. The van der Waals surface area contributed by atoms with E-state index in [9.17, 15) is 0 Å². The molecule has 0 bridgehead atoms. The highest BCUT2D eigenvalue weighted by Gasteiger charge is 2.19. The number of piperidine rings is 1. The fourth-order valence-electron chi connectivity index (χ4n) is 2.34. The largest absolute Gasteiger partial charge is 0.383 e. The molecular weight excluding hydrogens is 204 g/mol. The van der Waals surface area contributed by atoms with Crippen molar-refractivity contribution >= 4 is 0 Å². The fraction of sp³-hybridized carbons (Fsp3) is 0.818. The molecule has 0 amide bonds. The summed E-state index contributed by atoms with van der Waals surface area (Å²) in [4.78, 5) is 2.49. The van der Waals surface area contributed by atoms with Crippen LogP contribution in [0.15, 0.2) is 12.7 Å². The van der Waals surface area contributed by atoms with Crippen LogP contribution >= 0.6 is 0 Å². The quantitative estimate of drug-likeness (QED) is 0.736. The van der Waals surface area contributed by atoms with E-state index in [-0.39, 0.29) is 0 Å². The Hall–Kier alpha value is -0.940. The fourth-order valence-corrected chi connectivity index (χ4v) is 2.34. The molecule has 0 N–H and O–H groups in total. The number of nitrogens with zero attached hydrogens (tertiary/aromatic N) is 4. The van der Waals surface area contributed by atoms with Crippen LogP contribution in [0, 0.1) is 5.92 Å². The minimum atomic E-state index is 0.724. The summed E-state index contributed by atoms with van der Waals surface area (Å²) in [5, 5.41) is 7.67. The standard InChI is InChI=1S/C11H20N4O/c1-16-6-5-14-4-2-3-11(7-14)8-15-9-12-13-10-15/h9-11H,2-8H2,1H3/t11-/m1/s1. The van der Waals surface area contributed by atoms with E-state index in [2.05, 4.69) is 19.7 Å². The monoisotopic (exact) mass is 224 g/mol. The van der Waals surface area contributed by atoms with Gasteiger partial charge in [0, 0.05) is 26.7 Å². The van der Waals surface area contributed by atoms with E-state index in [1.807, 2.05) is 0 Å². The second-order valence-electron chi connectivity index (χ2n) is 4.46. The predicted molar refractivity (Wildman–Crippen MR) is 61.1 cm³/mol. The lowest BCUT2D eigenvalue weighted by molar-refractivity contribution is 0.110. The average Bonchev–Trinajstić information content (AvgIpc) is 2.80. The number of ether oxygens (including phenoxy) is 1. The molecule has 5 nitrogen and oxygen atoms in total. The topological polar surface area (TPSA) is 43.2 Å². The molecule has 1 aliphatic rings. The van der Waals surface area contributed by atoms with E-state index in [0.29, 0.717) is 0 Å². The number of hydrogen-bond donors (Lipinski definition) is 0. The van der Waals surface area contributed by atoms with Gasteiger partial charge in [0.2, 0.25) is 0 Å². The molecule has 2 rings (SSSR count). The van der Waals surface area contributed by atoms with Gasteiger partial charge in [-0.05, 0) is 25.3 Å². The molecule has 1 atom stereocenters. The minimum Gasteiger partial charge on any atom is -0.383 e. The Morgan fingerprint density at radius 3 is 2.94 bits per heavy atom. The summed E-state index contributed by atoms with van der Waals surface area (Å²) in [6.07, 6.45) is 6.19. The number of aromatic nitrogens is 3. The van der Waals surface area contributed by atoms with Gasteiger partial charge in [-0.3, -0.25) is 0 Å². The Bertz CT molecular complexity index is 288. The van der Waals surface area contributed by atoms with E-state index < -0.39 is 0 Å². The van der Waals surface area contributed by atoms with Crippen LogP contribution in [-0.4, -0.2) is 53.0 Å². The Balaban J connectivity index is 1.77. The summed E-state index contributed by atoms with van der Waals surface area (Å²) in [6.45, 7) is 5.30.